The largest absolute Gasteiger partial charge is 0.496 e. The minimum absolute atomic E-state index is 0.0634. The molecule has 8 nitrogen and oxygen atoms in total. The van der Waals surface area contributed by atoms with Crippen molar-refractivity contribution >= 4 is 17.9 Å². The molecule has 8 heteroatoms. The maximum atomic E-state index is 12.7. The van der Waals surface area contributed by atoms with Gasteiger partial charge in [-0.3, -0.25) is 14.5 Å². The van der Waals surface area contributed by atoms with Crippen molar-refractivity contribution in [2.75, 3.05) is 34.0 Å². The molecule has 1 aliphatic rings. The first-order chi connectivity index (χ1) is 11.8. The van der Waals surface area contributed by atoms with Gasteiger partial charge < -0.3 is 19.5 Å². The molecule has 1 unspecified atom stereocenters. The van der Waals surface area contributed by atoms with Gasteiger partial charge in [-0.25, -0.2) is 4.79 Å². The van der Waals surface area contributed by atoms with Crippen LogP contribution in [0.3, 0.4) is 0 Å². The second-order valence-corrected chi connectivity index (χ2v) is 5.84. The van der Waals surface area contributed by atoms with Gasteiger partial charge in [-0.2, -0.15) is 0 Å². The van der Waals surface area contributed by atoms with Crippen LogP contribution in [0.15, 0.2) is 18.2 Å². The maximum absolute atomic E-state index is 12.7. The van der Waals surface area contributed by atoms with Gasteiger partial charge in [0.05, 0.1) is 13.7 Å². The van der Waals surface area contributed by atoms with Gasteiger partial charge in [-0.1, -0.05) is 6.07 Å². The molecule has 0 aromatic heterocycles. The summed E-state index contributed by atoms with van der Waals surface area (Å²) in [5.74, 6) is -0.496. The fourth-order valence-corrected chi connectivity index (χ4v) is 2.64. The van der Waals surface area contributed by atoms with Gasteiger partial charge in [0.2, 0.25) is 0 Å². The number of esters is 1. The van der Waals surface area contributed by atoms with Crippen LogP contribution in [0.5, 0.6) is 5.75 Å². The number of hydrogen-bond donors (Lipinski definition) is 1. The number of nitrogens with zero attached hydrogens (tertiary/aromatic N) is 1. The lowest BCUT2D eigenvalue weighted by Gasteiger charge is -2.23. The Hall–Kier alpha value is -2.61. The Morgan fingerprint density at radius 1 is 1.24 bits per heavy atom. The summed E-state index contributed by atoms with van der Waals surface area (Å²) in [6, 6.07) is 4.59. The Bertz CT molecular complexity index is 690. The van der Waals surface area contributed by atoms with E-state index in [2.05, 4.69) is 5.32 Å². The number of urea groups is 1. The summed E-state index contributed by atoms with van der Waals surface area (Å²) in [5.41, 5.74) is 0.195. The summed E-state index contributed by atoms with van der Waals surface area (Å²) in [5, 5.41) is 2.65. The van der Waals surface area contributed by atoms with E-state index in [1.165, 1.54) is 7.11 Å². The summed E-state index contributed by atoms with van der Waals surface area (Å²) in [6.45, 7) is 3.31. The number of rotatable bonds is 7. The van der Waals surface area contributed by atoms with Gasteiger partial charge in [0.1, 0.15) is 24.4 Å². The van der Waals surface area contributed by atoms with Crippen molar-refractivity contribution in [1.82, 2.24) is 10.2 Å². The normalized spacial score (nSPS) is 19.8. The molecule has 1 aliphatic heterocycles. The molecular weight excluding hydrogens is 328 g/mol. The lowest BCUT2D eigenvalue weighted by molar-refractivity contribution is -0.148. The molecule has 25 heavy (non-hydrogen) atoms. The van der Waals surface area contributed by atoms with Crippen LogP contribution in [-0.2, 0) is 24.6 Å². The highest BCUT2D eigenvalue weighted by atomic mass is 16.6. The first-order valence-electron chi connectivity index (χ1n) is 7.77. The summed E-state index contributed by atoms with van der Waals surface area (Å²) >= 11 is 0. The lowest BCUT2D eigenvalue weighted by atomic mass is 9.90. The van der Waals surface area contributed by atoms with E-state index in [9.17, 15) is 14.4 Å². The highest BCUT2D eigenvalue weighted by Crippen LogP contribution is 2.31. The van der Waals surface area contributed by atoms with E-state index in [4.69, 9.17) is 14.2 Å². The van der Waals surface area contributed by atoms with Crippen molar-refractivity contribution in [3.8, 4) is 5.75 Å². The van der Waals surface area contributed by atoms with Crippen molar-refractivity contribution in [1.29, 1.82) is 0 Å². The molecule has 1 heterocycles. The Morgan fingerprint density at radius 3 is 2.56 bits per heavy atom. The minimum atomic E-state index is -1.25. The van der Waals surface area contributed by atoms with Crippen molar-refractivity contribution in [2.24, 2.45) is 0 Å². The number of carbonyl (C=O) groups excluding carboxylic acids is 3. The Kier molecular flexibility index (Phi) is 5.63. The third-order valence-electron chi connectivity index (χ3n) is 4.08. The number of carbonyl (C=O) groups is 3. The monoisotopic (exact) mass is 350 g/mol. The second-order valence-electron chi connectivity index (χ2n) is 5.84. The Balaban J connectivity index is 2.16. The zero-order valence-electron chi connectivity index (χ0n) is 14.8. The molecule has 1 fully saturated rings. The second kappa shape index (κ2) is 7.52. The number of amides is 3. The molecule has 0 saturated carbocycles. The smallest absolute Gasteiger partial charge is 0.326 e. The molecule has 0 spiro atoms. The highest BCUT2D eigenvalue weighted by Gasteiger charge is 2.49. The zero-order valence-corrected chi connectivity index (χ0v) is 14.8. The van der Waals surface area contributed by atoms with Crippen molar-refractivity contribution in [3.63, 3.8) is 0 Å². The first-order valence-corrected chi connectivity index (χ1v) is 7.77. The molecule has 1 N–H and O–H groups in total. The summed E-state index contributed by atoms with van der Waals surface area (Å²) in [6.07, 6.45) is 0. The topological polar surface area (TPSA) is 94.2 Å². The third kappa shape index (κ3) is 3.74. The van der Waals surface area contributed by atoms with Gasteiger partial charge in [0, 0.05) is 7.11 Å². The summed E-state index contributed by atoms with van der Waals surface area (Å²) in [4.78, 5) is 37.6. The molecule has 136 valence electrons. The molecular formula is C17H22N2O6. The van der Waals surface area contributed by atoms with Crippen molar-refractivity contribution in [3.05, 3.63) is 29.3 Å². The van der Waals surface area contributed by atoms with E-state index in [0.717, 1.165) is 10.5 Å². The maximum Gasteiger partial charge on any atom is 0.326 e. The number of nitrogens with one attached hydrogen (secondary N) is 1. The lowest BCUT2D eigenvalue weighted by Crippen LogP contribution is -2.41. The standard InChI is InChI=1S/C17H22N2O6/c1-11-9-12(5-6-13(11)24-4)17(2)15(21)19(16(22)18-17)10-14(20)25-8-7-23-3/h5-6,9H,7-8,10H2,1-4H3,(H,18,22). The van der Waals surface area contributed by atoms with E-state index >= 15 is 0 Å². The van der Waals surface area contributed by atoms with E-state index in [1.807, 2.05) is 6.92 Å². The van der Waals surface area contributed by atoms with E-state index in [-0.39, 0.29) is 13.2 Å². The molecule has 1 aromatic rings. The molecule has 2 rings (SSSR count). The Labute approximate surface area is 146 Å². The molecule has 3 amide bonds. The third-order valence-corrected chi connectivity index (χ3v) is 4.08. The fourth-order valence-electron chi connectivity index (χ4n) is 2.64. The van der Waals surface area contributed by atoms with Crippen LogP contribution in [0.2, 0.25) is 0 Å². The van der Waals surface area contributed by atoms with Gasteiger partial charge in [0.15, 0.2) is 0 Å². The number of benzene rings is 1. The number of ether oxygens (including phenoxy) is 3. The van der Waals surface area contributed by atoms with E-state index in [0.29, 0.717) is 11.3 Å². The van der Waals surface area contributed by atoms with Gasteiger partial charge in [-0.15, -0.1) is 0 Å². The van der Waals surface area contributed by atoms with Crippen LogP contribution in [-0.4, -0.2) is 56.8 Å². The first kappa shape index (κ1) is 18.7. The highest BCUT2D eigenvalue weighted by molar-refractivity contribution is 6.08. The van der Waals surface area contributed by atoms with Crippen LogP contribution in [0.25, 0.3) is 0 Å². The quantitative estimate of drug-likeness (QED) is 0.447. The van der Waals surface area contributed by atoms with E-state index < -0.39 is 30.0 Å². The molecule has 1 saturated heterocycles. The number of aryl methyl sites for hydroxylation is 1. The average molecular weight is 350 g/mol. The average Bonchev–Trinajstić information content (AvgIpc) is 2.79. The fraction of sp³-hybridized carbons (Fsp3) is 0.471. The molecule has 1 atom stereocenters. The molecule has 0 bridgehead atoms. The molecule has 0 aliphatic carbocycles. The number of methoxy groups -OCH3 is 2. The summed E-state index contributed by atoms with van der Waals surface area (Å²) in [7, 11) is 3.04. The van der Waals surface area contributed by atoms with Crippen LogP contribution < -0.4 is 10.1 Å². The van der Waals surface area contributed by atoms with Gasteiger partial charge >= 0.3 is 12.0 Å². The zero-order chi connectivity index (χ0) is 18.6. The predicted octanol–water partition coefficient (Wildman–Crippen LogP) is 0.960. The van der Waals surface area contributed by atoms with Crippen LogP contribution in [0.4, 0.5) is 4.79 Å². The SMILES string of the molecule is COCCOC(=O)CN1C(=O)NC(C)(c2ccc(OC)c(C)c2)C1=O. The summed E-state index contributed by atoms with van der Waals surface area (Å²) < 4.78 is 14.9. The number of hydrogen-bond acceptors (Lipinski definition) is 6. The Morgan fingerprint density at radius 2 is 1.96 bits per heavy atom. The van der Waals surface area contributed by atoms with Crippen molar-refractivity contribution in [2.45, 2.75) is 19.4 Å². The van der Waals surface area contributed by atoms with Crippen LogP contribution in [0.1, 0.15) is 18.1 Å². The van der Waals surface area contributed by atoms with Crippen LogP contribution >= 0.6 is 0 Å². The predicted molar refractivity (Wildman–Crippen MR) is 88.2 cm³/mol. The van der Waals surface area contributed by atoms with Crippen LogP contribution in [0, 0.1) is 6.92 Å². The van der Waals surface area contributed by atoms with Gasteiger partial charge in [-0.05, 0) is 37.1 Å². The van der Waals surface area contributed by atoms with Crippen molar-refractivity contribution < 1.29 is 28.6 Å². The molecule has 1 aromatic carbocycles. The van der Waals surface area contributed by atoms with E-state index in [1.54, 1.807) is 32.2 Å². The van der Waals surface area contributed by atoms with Gasteiger partial charge in [0.25, 0.3) is 5.91 Å². The minimum Gasteiger partial charge on any atom is -0.496 e. The number of imide groups is 1. The molecule has 0 radical (unpaired) electrons.